The van der Waals surface area contributed by atoms with E-state index in [0.717, 1.165) is 38.6 Å². The number of amides is 2. The maximum Gasteiger partial charge on any atom is 0.315 e. The molecule has 1 aliphatic carbocycles. The largest absolute Gasteiger partial charge is 0.338 e. The van der Waals surface area contributed by atoms with Crippen LogP contribution in [0.15, 0.2) is 0 Å². The highest BCUT2D eigenvalue weighted by Gasteiger charge is 2.16. The topological polar surface area (TPSA) is 67.1 Å². The Morgan fingerprint density at radius 1 is 1.28 bits per heavy atom. The third-order valence-electron chi connectivity index (χ3n) is 3.76. The SMILES string of the molecule is CCCC(CCN)CNC(=O)NC1CCCCC1. The van der Waals surface area contributed by atoms with Crippen LogP contribution in [0, 0.1) is 5.92 Å². The summed E-state index contributed by atoms with van der Waals surface area (Å²) in [7, 11) is 0. The van der Waals surface area contributed by atoms with Gasteiger partial charge in [-0.25, -0.2) is 4.79 Å². The van der Waals surface area contributed by atoms with Gasteiger partial charge in [0.1, 0.15) is 0 Å². The van der Waals surface area contributed by atoms with Crippen LogP contribution in [0.4, 0.5) is 4.79 Å². The zero-order chi connectivity index (χ0) is 13.2. The van der Waals surface area contributed by atoms with Crippen molar-refractivity contribution in [2.45, 2.75) is 64.3 Å². The fourth-order valence-corrected chi connectivity index (χ4v) is 2.71. The van der Waals surface area contributed by atoms with Crippen molar-refractivity contribution in [3.63, 3.8) is 0 Å². The number of hydrogen-bond acceptors (Lipinski definition) is 2. The maximum atomic E-state index is 11.8. The van der Waals surface area contributed by atoms with Gasteiger partial charge in [-0.15, -0.1) is 0 Å². The van der Waals surface area contributed by atoms with Crippen LogP contribution in [0.2, 0.25) is 0 Å². The van der Waals surface area contributed by atoms with Gasteiger partial charge in [0.2, 0.25) is 0 Å². The monoisotopic (exact) mass is 255 g/mol. The molecular weight excluding hydrogens is 226 g/mol. The fraction of sp³-hybridized carbons (Fsp3) is 0.929. The first kappa shape index (κ1) is 15.3. The van der Waals surface area contributed by atoms with Crippen LogP contribution < -0.4 is 16.4 Å². The second-order valence-corrected chi connectivity index (χ2v) is 5.42. The molecule has 0 aromatic rings. The summed E-state index contributed by atoms with van der Waals surface area (Å²) < 4.78 is 0. The minimum absolute atomic E-state index is 0.0000227. The van der Waals surface area contributed by atoms with E-state index in [0.29, 0.717) is 18.5 Å². The molecule has 18 heavy (non-hydrogen) atoms. The quantitative estimate of drug-likeness (QED) is 0.654. The summed E-state index contributed by atoms with van der Waals surface area (Å²) in [5.74, 6) is 0.525. The molecule has 0 spiro atoms. The molecule has 0 bridgehead atoms. The van der Waals surface area contributed by atoms with Crippen molar-refractivity contribution < 1.29 is 4.79 Å². The van der Waals surface area contributed by atoms with Crippen LogP contribution >= 0.6 is 0 Å². The van der Waals surface area contributed by atoms with E-state index in [-0.39, 0.29) is 6.03 Å². The number of carbonyl (C=O) groups is 1. The lowest BCUT2D eigenvalue weighted by Crippen LogP contribution is -2.44. The molecule has 0 heterocycles. The Kier molecular flexibility index (Phi) is 7.81. The zero-order valence-corrected chi connectivity index (χ0v) is 11.7. The van der Waals surface area contributed by atoms with E-state index in [1.807, 2.05) is 0 Å². The van der Waals surface area contributed by atoms with Gasteiger partial charge in [0.05, 0.1) is 0 Å². The standard InChI is InChI=1S/C14H29N3O/c1-2-6-12(9-10-15)11-16-14(18)17-13-7-4-3-5-8-13/h12-13H,2-11,15H2,1H3,(H2,16,17,18). The summed E-state index contributed by atoms with van der Waals surface area (Å²) in [4.78, 5) is 11.8. The number of nitrogens with one attached hydrogen (secondary N) is 2. The lowest BCUT2D eigenvalue weighted by molar-refractivity contribution is 0.230. The van der Waals surface area contributed by atoms with Crippen molar-refractivity contribution in [3.8, 4) is 0 Å². The van der Waals surface area contributed by atoms with E-state index < -0.39 is 0 Å². The van der Waals surface area contributed by atoms with Gasteiger partial charge in [0.25, 0.3) is 0 Å². The fourth-order valence-electron chi connectivity index (χ4n) is 2.71. The summed E-state index contributed by atoms with van der Waals surface area (Å²) in [5, 5.41) is 6.07. The van der Waals surface area contributed by atoms with Crippen molar-refractivity contribution in [2.75, 3.05) is 13.1 Å². The molecule has 1 fully saturated rings. The minimum Gasteiger partial charge on any atom is -0.338 e. The molecule has 1 unspecified atom stereocenters. The summed E-state index contributed by atoms with van der Waals surface area (Å²) in [6.07, 6.45) is 9.36. The second kappa shape index (κ2) is 9.20. The van der Waals surface area contributed by atoms with Gasteiger partial charge < -0.3 is 16.4 Å². The van der Waals surface area contributed by atoms with E-state index >= 15 is 0 Å². The molecule has 1 saturated carbocycles. The Balaban J connectivity index is 2.17. The van der Waals surface area contributed by atoms with E-state index in [1.54, 1.807) is 0 Å². The molecule has 0 aliphatic heterocycles. The molecule has 4 N–H and O–H groups in total. The smallest absolute Gasteiger partial charge is 0.315 e. The van der Waals surface area contributed by atoms with Gasteiger partial charge in [-0.05, 0) is 38.1 Å². The van der Waals surface area contributed by atoms with Crippen LogP contribution in [0.3, 0.4) is 0 Å². The first-order valence-corrected chi connectivity index (χ1v) is 7.50. The number of urea groups is 1. The number of nitrogens with two attached hydrogens (primary N) is 1. The van der Waals surface area contributed by atoms with Gasteiger partial charge in [0.15, 0.2) is 0 Å². The van der Waals surface area contributed by atoms with Crippen molar-refractivity contribution in [1.82, 2.24) is 10.6 Å². The van der Waals surface area contributed by atoms with Crippen molar-refractivity contribution >= 4 is 6.03 Å². The molecule has 0 aromatic heterocycles. The third kappa shape index (κ3) is 6.24. The average molecular weight is 255 g/mol. The van der Waals surface area contributed by atoms with Gasteiger partial charge in [0, 0.05) is 12.6 Å². The average Bonchev–Trinajstić information content (AvgIpc) is 2.38. The lowest BCUT2D eigenvalue weighted by atomic mass is 9.96. The van der Waals surface area contributed by atoms with Crippen LogP contribution in [-0.4, -0.2) is 25.2 Å². The van der Waals surface area contributed by atoms with E-state index in [2.05, 4.69) is 17.6 Å². The lowest BCUT2D eigenvalue weighted by Gasteiger charge is -2.23. The number of carbonyl (C=O) groups excluding carboxylic acids is 1. The molecular formula is C14H29N3O. The Morgan fingerprint density at radius 2 is 2.00 bits per heavy atom. The Hall–Kier alpha value is -0.770. The molecule has 0 aromatic carbocycles. The highest BCUT2D eigenvalue weighted by Crippen LogP contribution is 2.17. The maximum absolute atomic E-state index is 11.8. The molecule has 1 rings (SSSR count). The molecule has 2 amide bonds. The van der Waals surface area contributed by atoms with E-state index in [1.165, 1.54) is 19.3 Å². The van der Waals surface area contributed by atoms with Crippen LogP contribution in [-0.2, 0) is 0 Å². The van der Waals surface area contributed by atoms with E-state index in [9.17, 15) is 4.79 Å². The first-order chi connectivity index (χ1) is 8.76. The summed E-state index contributed by atoms with van der Waals surface area (Å²) >= 11 is 0. The molecule has 0 saturated heterocycles. The van der Waals surface area contributed by atoms with Gasteiger partial charge in [-0.2, -0.15) is 0 Å². The molecule has 106 valence electrons. The van der Waals surface area contributed by atoms with Gasteiger partial charge in [-0.1, -0.05) is 32.6 Å². The first-order valence-electron chi connectivity index (χ1n) is 7.50. The highest BCUT2D eigenvalue weighted by molar-refractivity contribution is 5.74. The zero-order valence-electron chi connectivity index (χ0n) is 11.7. The van der Waals surface area contributed by atoms with Crippen LogP contribution in [0.25, 0.3) is 0 Å². The Labute approximate surface area is 111 Å². The van der Waals surface area contributed by atoms with Crippen LogP contribution in [0.1, 0.15) is 58.3 Å². The third-order valence-corrected chi connectivity index (χ3v) is 3.76. The van der Waals surface area contributed by atoms with Gasteiger partial charge >= 0.3 is 6.03 Å². The van der Waals surface area contributed by atoms with Crippen molar-refractivity contribution in [1.29, 1.82) is 0 Å². The highest BCUT2D eigenvalue weighted by atomic mass is 16.2. The number of hydrogen-bond donors (Lipinski definition) is 3. The summed E-state index contributed by atoms with van der Waals surface area (Å²) in [6, 6.07) is 0.387. The summed E-state index contributed by atoms with van der Waals surface area (Å²) in [5.41, 5.74) is 5.59. The Morgan fingerprint density at radius 3 is 2.61 bits per heavy atom. The molecule has 1 atom stereocenters. The summed E-state index contributed by atoms with van der Waals surface area (Å²) in [6.45, 7) is 3.63. The van der Waals surface area contributed by atoms with E-state index in [4.69, 9.17) is 5.73 Å². The molecule has 4 nitrogen and oxygen atoms in total. The number of rotatable bonds is 7. The minimum atomic E-state index is 0.0000227. The van der Waals surface area contributed by atoms with Crippen molar-refractivity contribution in [2.24, 2.45) is 11.7 Å². The van der Waals surface area contributed by atoms with Crippen LogP contribution in [0.5, 0.6) is 0 Å². The normalized spacial score (nSPS) is 18.3. The predicted octanol–water partition coefficient (Wildman–Crippen LogP) is 2.38. The molecule has 1 aliphatic rings. The van der Waals surface area contributed by atoms with Gasteiger partial charge in [-0.3, -0.25) is 0 Å². The Bertz CT molecular complexity index is 221. The van der Waals surface area contributed by atoms with Crippen molar-refractivity contribution in [3.05, 3.63) is 0 Å². The second-order valence-electron chi connectivity index (χ2n) is 5.42. The predicted molar refractivity (Wildman–Crippen MR) is 75.5 cm³/mol. The molecule has 0 radical (unpaired) electrons. The molecule has 4 heteroatoms.